The number of benzene rings is 1. The van der Waals surface area contributed by atoms with Gasteiger partial charge in [0.15, 0.2) is 0 Å². The molecule has 0 amide bonds. The van der Waals surface area contributed by atoms with E-state index in [2.05, 4.69) is 5.32 Å². The van der Waals surface area contributed by atoms with Gasteiger partial charge in [0.25, 0.3) is 0 Å². The Morgan fingerprint density at radius 3 is 2.48 bits per heavy atom. The van der Waals surface area contributed by atoms with Crippen LogP contribution in [0.5, 0.6) is 0 Å². The van der Waals surface area contributed by atoms with Crippen molar-refractivity contribution in [3.8, 4) is 0 Å². The second kappa shape index (κ2) is 6.77. The van der Waals surface area contributed by atoms with Crippen molar-refractivity contribution in [3.63, 3.8) is 0 Å². The zero-order valence-electron chi connectivity index (χ0n) is 12.1. The third kappa shape index (κ3) is 4.43. The molecule has 0 bridgehead atoms. The van der Waals surface area contributed by atoms with Crippen molar-refractivity contribution in [1.82, 2.24) is 5.32 Å². The van der Waals surface area contributed by atoms with E-state index in [1.54, 1.807) is 0 Å². The van der Waals surface area contributed by atoms with Crippen molar-refractivity contribution in [1.29, 1.82) is 0 Å². The van der Waals surface area contributed by atoms with Gasteiger partial charge in [0.1, 0.15) is 5.82 Å². The fourth-order valence-electron chi connectivity index (χ4n) is 3.04. The second-order valence-corrected chi connectivity index (χ2v) is 5.87. The van der Waals surface area contributed by atoms with E-state index in [0.717, 1.165) is 18.9 Å². The van der Waals surface area contributed by atoms with E-state index in [1.807, 2.05) is 6.92 Å². The molecule has 21 heavy (non-hydrogen) atoms. The summed E-state index contributed by atoms with van der Waals surface area (Å²) in [7, 11) is 0. The third-order valence-corrected chi connectivity index (χ3v) is 4.35. The van der Waals surface area contributed by atoms with Crippen LogP contribution in [-0.2, 0) is 12.7 Å². The summed E-state index contributed by atoms with van der Waals surface area (Å²) in [6.07, 6.45) is 1.38. The molecule has 0 saturated heterocycles. The normalized spacial score (nSPS) is 18.7. The Morgan fingerprint density at radius 2 is 1.86 bits per heavy atom. The van der Waals surface area contributed by atoms with E-state index >= 15 is 0 Å². The Morgan fingerprint density at radius 1 is 1.19 bits per heavy atom. The first-order valence-electron chi connectivity index (χ1n) is 7.47. The number of alkyl halides is 3. The van der Waals surface area contributed by atoms with Gasteiger partial charge in [-0.1, -0.05) is 25.3 Å². The molecule has 0 heterocycles. The molecule has 1 aromatic carbocycles. The van der Waals surface area contributed by atoms with E-state index in [4.69, 9.17) is 0 Å². The molecular weight excluding hydrogens is 282 g/mol. The first-order chi connectivity index (χ1) is 9.88. The van der Waals surface area contributed by atoms with Gasteiger partial charge in [0, 0.05) is 12.6 Å². The molecule has 2 rings (SSSR count). The van der Waals surface area contributed by atoms with Crippen molar-refractivity contribution >= 4 is 0 Å². The smallest absolute Gasteiger partial charge is 0.310 e. The molecule has 1 fully saturated rings. The fraction of sp³-hybridized carbons (Fsp3) is 0.625. The summed E-state index contributed by atoms with van der Waals surface area (Å²) in [6, 6.07) is 3.05. The molecule has 0 aliphatic heterocycles. The molecule has 1 atom stereocenters. The lowest BCUT2D eigenvalue weighted by Crippen LogP contribution is -2.34. The highest BCUT2D eigenvalue weighted by Crippen LogP contribution is 2.33. The first kappa shape index (κ1) is 16.3. The van der Waals surface area contributed by atoms with Gasteiger partial charge < -0.3 is 5.32 Å². The summed E-state index contributed by atoms with van der Waals surface area (Å²) in [5, 5.41) is 3.18. The fourth-order valence-corrected chi connectivity index (χ4v) is 3.04. The van der Waals surface area contributed by atoms with E-state index in [0.29, 0.717) is 12.0 Å². The van der Waals surface area contributed by atoms with Crippen molar-refractivity contribution in [2.45, 2.75) is 57.8 Å². The number of hydrogen-bond donors (Lipinski definition) is 1. The van der Waals surface area contributed by atoms with Gasteiger partial charge in [0.2, 0.25) is 0 Å². The van der Waals surface area contributed by atoms with Crippen LogP contribution in [0.2, 0.25) is 0 Å². The number of nitrogens with one attached hydrogen (secondary N) is 1. The lowest BCUT2D eigenvalue weighted by molar-refractivity contribution is -0.138. The molecule has 1 N–H and O–H groups in total. The van der Waals surface area contributed by atoms with Crippen LogP contribution in [0, 0.1) is 11.7 Å². The summed E-state index contributed by atoms with van der Waals surface area (Å²) < 4.78 is 51.8. The number of halogens is 4. The highest BCUT2D eigenvalue weighted by atomic mass is 19.4. The van der Waals surface area contributed by atoms with E-state index in [-0.39, 0.29) is 18.2 Å². The van der Waals surface area contributed by atoms with Gasteiger partial charge in [-0.05, 0) is 43.4 Å². The molecule has 0 spiro atoms. The lowest BCUT2D eigenvalue weighted by Gasteiger charge is -2.28. The van der Waals surface area contributed by atoms with E-state index in [9.17, 15) is 17.6 Å². The molecule has 0 aromatic heterocycles. The van der Waals surface area contributed by atoms with Gasteiger partial charge >= 0.3 is 6.18 Å². The van der Waals surface area contributed by atoms with Crippen LogP contribution in [0.25, 0.3) is 0 Å². The average molecular weight is 303 g/mol. The second-order valence-electron chi connectivity index (χ2n) is 5.87. The van der Waals surface area contributed by atoms with Crippen molar-refractivity contribution in [3.05, 3.63) is 35.1 Å². The molecule has 1 aliphatic carbocycles. The third-order valence-electron chi connectivity index (χ3n) is 4.35. The van der Waals surface area contributed by atoms with Crippen molar-refractivity contribution < 1.29 is 17.6 Å². The highest BCUT2D eigenvalue weighted by Gasteiger charge is 2.33. The van der Waals surface area contributed by atoms with Gasteiger partial charge in [-0.25, -0.2) is 4.39 Å². The molecule has 5 heteroatoms. The summed E-state index contributed by atoms with van der Waals surface area (Å²) in [6.45, 7) is 2.14. The van der Waals surface area contributed by atoms with Crippen LogP contribution in [0.4, 0.5) is 17.6 Å². The minimum Gasteiger partial charge on any atom is -0.310 e. The molecule has 1 unspecified atom stereocenters. The standard InChI is InChI=1S/C16H21F4N/c1-11(12-5-3-2-4-6-12)21-10-13-7-8-14(17)9-15(13)16(18,19)20/h7-9,11-12,21H,2-6,10H2,1H3. The minimum atomic E-state index is -4.52. The Hall–Kier alpha value is -1.10. The van der Waals surface area contributed by atoms with E-state index < -0.39 is 17.6 Å². The van der Waals surface area contributed by atoms with Crippen LogP contribution in [0.15, 0.2) is 18.2 Å². The van der Waals surface area contributed by atoms with Gasteiger partial charge in [-0.3, -0.25) is 0 Å². The van der Waals surface area contributed by atoms with Crippen molar-refractivity contribution in [2.75, 3.05) is 0 Å². The summed E-state index contributed by atoms with van der Waals surface area (Å²) in [4.78, 5) is 0. The molecule has 1 nitrogen and oxygen atoms in total. The van der Waals surface area contributed by atoms with E-state index in [1.165, 1.54) is 25.3 Å². The van der Waals surface area contributed by atoms with Gasteiger partial charge in [-0.2, -0.15) is 13.2 Å². The Kier molecular flexibility index (Phi) is 5.25. The topological polar surface area (TPSA) is 12.0 Å². The Bertz CT molecular complexity index is 464. The molecule has 1 aromatic rings. The van der Waals surface area contributed by atoms with Crippen molar-refractivity contribution in [2.24, 2.45) is 5.92 Å². The maximum absolute atomic E-state index is 13.0. The van der Waals surface area contributed by atoms with Crippen LogP contribution >= 0.6 is 0 Å². The molecule has 1 saturated carbocycles. The average Bonchev–Trinajstić information content (AvgIpc) is 2.45. The summed E-state index contributed by atoms with van der Waals surface area (Å²) >= 11 is 0. The Balaban J connectivity index is 2.02. The monoisotopic (exact) mass is 303 g/mol. The lowest BCUT2D eigenvalue weighted by atomic mass is 9.84. The molecule has 118 valence electrons. The zero-order valence-corrected chi connectivity index (χ0v) is 12.1. The summed E-state index contributed by atoms with van der Waals surface area (Å²) in [5.74, 6) is -0.333. The molecule has 0 radical (unpaired) electrons. The van der Waals surface area contributed by atoms with Crippen LogP contribution < -0.4 is 5.32 Å². The number of hydrogen-bond acceptors (Lipinski definition) is 1. The maximum atomic E-state index is 13.0. The predicted molar refractivity (Wildman–Crippen MR) is 74.3 cm³/mol. The van der Waals surface area contributed by atoms with Gasteiger partial charge in [-0.15, -0.1) is 0 Å². The largest absolute Gasteiger partial charge is 0.416 e. The van der Waals surface area contributed by atoms with Crippen LogP contribution in [-0.4, -0.2) is 6.04 Å². The van der Waals surface area contributed by atoms with Crippen LogP contribution in [0.3, 0.4) is 0 Å². The molecular formula is C16H21F4N. The Labute approximate surface area is 122 Å². The SMILES string of the molecule is CC(NCc1ccc(F)cc1C(F)(F)F)C1CCCCC1. The maximum Gasteiger partial charge on any atom is 0.416 e. The predicted octanol–water partition coefficient (Wildman–Crippen LogP) is 4.90. The minimum absolute atomic E-state index is 0.103. The molecule has 1 aliphatic rings. The van der Waals surface area contributed by atoms with Crippen LogP contribution in [0.1, 0.15) is 50.2 Å². The zero-order chi connectivity index (χ0) is 15.5. The van der Waals surface area contributed by atoms with Gasteiger partial charge in [0.05, 0.1) is 5.56 Å². The first-order valence-corrected chi connectivity index (χ1v) is 7.47. The quantitative estimate of drug-likeness (QED) is 0.780. The summed E-state index contributed by atoms with van der Waals surface area (Å²) in [5.41, 5.74) is -0.780. The highest BCUT2D eigenvalue weighted by molar-refractivity contribution is 5.30. The number of rotatable bonds is 4.